The molecule has 1 aromatic rings. The van der Waals surface area contributed by atoms with E-state index < -0.39 is 0 Å². The van der Waals surface area contributed by atoms with Gasteiger partial charge in [-0.15, -0.1) is 0 Å². The molecule has 1 amide bonds. The van der Waals surface area contributed by atoms with E-state index in [1.807, 2.05) is 7.05 Å². The highest BCUT2D eigenvalue weighted by atomic mass is 16.2. The number of benzene rings is 1. The Kier molecular flexibility index (Phi) is 4.29. The van der Waals surface area contributed by atoms with E-state index in [0.717, 1.165) is 44.8 Å². The average Bonchev–Trinajstić information content (AvgIpc) is 3.28. The van der Waals surface area contributed by atoms with E-state index in [9.17, 15) is 4.79 Å². The summed E-state index contributed by atoms with van der Waals surface area (Å²) in [5.74, 6) is 1.84. The zero-order chi connectivity index (χ0) is 14.8. The third kappa shape index (κ3) is 3.13. The van der Waals surface area contributed by atoms with Crippen LogP contribution in [0.3, 0.4) is 0 Å². The Morgan fingerprint density at radius 1 is 1.29 bits per heavy atom. The van der Waals surface area contributed by atoms with Gasteiger partial charge in [0.15, 0.2) is 0 Å². The maximum absolute atomic E-state index is 12.6. The van der Waals surface area contributed by atoms with Gasteiger partial charge in [-0.1, -0.05) is 24.3 Å². The molecular weight excluding hydrogens is 260 g/mol. The third-order valence-electron chi connectivity index (χ3n) is 5.11. The van der Waals surface area contributed by atoms with E-state index in [1.165, 1.54) is 11.1 Å². The minimum absolute atomic E-state index is 0.243. The second kappa shape index (κ2) is 6.18. The van der Waals surface area contributed by atoms with E-state index in [2.05, 4.69) is 41.4 Å². The maximum Gasteiger partial charge on any atom is 0.226 e. The predicted molar refractivity (Wildman–Crippen MR) is 85.3 cm³/mol. The number of nitrogens with zero attached hydrogens (tertiary/aromatic N) is 1. The molecule has 2 unspecified atom stereocenters. The highest BCUT2D eigenvalue weighted by Gasteiger charge is 2.46. The van der Waals surface area contributed by atoms with Gasteiger partial charge in [0, 0.05) is 19.0 Å². The highest BCUT2D eigenvalue weighted by Crippen LogP contribution is 2.49. The topological polar surface area (TPSA) is 32.3 Å². The van der Waals surface area contributed by atoms with Gasteiger partial charge in [0.2, 0.25) is 5.91 Å². The van der Waals surface area contributed by atoms with Crippen LogP contribution in [-0.2, 0) is 4.79 Å². The van der Waals surface area contributed by atoms with Crippen molar-refractivity contribution in [1.82, 2.24) is 10.2 Å². The van der Waals surface area contributed by atoms with Gasteiger partial charge in [-0.3, -0.25) is 4.79 Å². The van der Waals surface area contributed by atoms with Crippen molar-refractivity contribution in [1.29, 1.82) is 0 Å². The van der Waals surface area contributed by atoms with Gasteiger partial charge in [-0.25, -0.2) is 0 Å². The molecule has 1 heterocycles. The number of amides is 1. The Hall–Kier alpha value is -1.35. The van der Waals surface area contributed by atoms with E-state index >= 15 is 0 Å². The van der Waals surface area contributed by atoms with E-state index in [0.29, 0.717) is 11.8 Å². The van der Waals surface area contributed by atoms with Gasteiger partial charge >= 0.3 is 0 Å². The number of hydrogen-bond donors (Lipinski definition) is 1. The zero-order valence-electron chi connectivity index (χ0n) is 13.1. The van der Waals surface area contributed by atoms with Crippen LogP contribution in [0.2, 0.25) is 0 Å². The van der Waals surface area contributed by atoms with Gasteiger partial charge in [-0.05, 0) is 62.7 Å². The summed E-state index contributed by atoms with van der Waals surface area (Å²) < 4.78 is 0. The normalized spacial score (nSPS) is 25.9. The van der Waals surface area contributed by atoms with Crippen LogP contribution in [0.15, 0.2) is 24.3 Å². The molecule has 2 aliphatic rings. The molecule has 1 aromatic carbocycles. The Balaban J connectivity index is 1.55. The van der Waals surface area contributed by atoms with Crippen molar-refractivity contribution in [3.8, 4) is 0 Å². The van der Waals surface area contributed by atoms with Gasteiger partial charge in [0.05, 0.1) is 0 Å². The molecule has 1 aliphatic carbocycles. The van der Waals surface area contributed by atoms with Crippen molar-refractivity contribution in [3.05, 3.63) is 35.4 Å². The molecular formula is C18H26N2O. The SMILES string of the molecule is CNCC1CCN(C(=O)C2CC2c2ccccc2C)CC1. The molecule has 3 nitrogen and oxygen atoms in total. The number of piperidine rings is 1. The van der Waals surface area contributed by atoms with E-state index in [1.54, 1.807) is 0 Å². The molecule has 3 rings (SSSR count). The summed E-state index contributed by atoms with van der Waals surface area (Å²) >= 11 is 0. The molecule has 0 bridgehead atoms. The molecule has 0 aromatic heterocycles. The van der Waals surface area contributed by atoms with Crippen molar-refractivity contribution in [3.63, 3.8) is 0 Å². The molecule has 0 radical (unpaired) electrons. The number of rotatable bonds is 4. The lowest BCUT2D eigenvalue weighted by molar-refractivity contribution is -0.134. The van der Waals surface area contributed by atoms with Crippen molar-refractivity contribution in [2.45, 2.75) is 32.1 Å². The molecule has 2 atom stereocenters. The number of hydrogen-bond acceptors (Lipinski definition) is 2. The van der Waals surface area contributed by atoms with Crippen molar-refractivity contribution in [2.75, 3.05) is 26.7 Å². The summed E-state index contributed by atoms with van der Waals surface area (Å²) in [6.45, 7) is 5.13. The van der Waals surface area contributed by atoms with Crippen molar-refractivity contribution in [2.24, 2.45) is 11.8 Å². The first-order valence-electron chi connectivity index (χ1n) is 8.19. The first kappa shape index (κ1) is 14.6. The van der Waals surface area contributed by atoms with Crippen LogP contribution < -0.4 is 5.32 Å². The molecule has 2 fully saturated rings. The van der Waals surface area contributed by atoms with Gasteiger partial charge in [-0.2, -0.15) is 0 Å². The number of aryl methyl sites for hydroxylation is 1. The summed E-state index contributed by atoms with van der Waals surface area (Å²) in [5.41, 5.74) is 2.70. The minimum atomic E-state index is 0.243. The number of likely N-dealkylation sites (tertiary alicyclic amines) is 1. The maximum atomic E-state index is 12.6. The summed E-state index contributed by atoms with van der Waals surface area (Å²) in [4.78, 5) is 14.7. The molecule has 1 saturated heterocycles. The van der Waals surface area contributed by atoms with Gasteiger partial charge in [0.1, 0.15) is 0 Å². The molecule has 114 valence electrons. The van der Waals surface area contributed by atoms with Crippen molar-refractivity contribution >= 4 is 5.91 Å². The molecule has 0 spiro atoms. The Morgan fingerprint density at radius 2 is 2.00 bits per heavy atom. The average molecular weight is 286 g/mol. The summed E-state index contributed by atoms with van der Waals surface area (Å²) in [5, 5.41) is 3.25. The lowest BCUT2D eigenvalue weighted by atomic mass is 9.96. The van der Waals surface area contributed by atoms with Crippen LogP contribution in [0.5, 0.6) is 0 Å². The van der Waals surface area contributed by atoms with Gasteiger partial charge in [0.25, 0.3) is 0 Å². The van der Waals surface area contributed by atoms with Crippen LogP contribution in [0.25, 0.3) is 0 Å². The largest absolute Gasteiger partial charge is 0.342 e. The van der Waals surface area contributed by atoms with Gasteiger partial charge < -0.3 is 10.2 Å². The molecule has 1 aliphatic heterocycles. The summed E-state index contributed by atoms with van der Waals surface area (Å²) in [6, 6.07) is 8.50. The van der Waals surface area contributed by atoms with E-state index in [-0.39, 0.29) is 5.92 Å². The molecule has 21 heavy (non-hydrogen) atoms. The highest BCUT2D eigenvalue weighted by molar-refractivity contribution is 5.83. The lowest BCUT2D eigenvalue weighted by Crippen LogP contribution is -2.41. The quantitative estimate of drug-likeness (QED) is 0.922. The van der Waals surface area contributed by atoms with Crippen molar-refractivity contribution < 1.29 is 4.79 Å². The minimum Gasteiger partial charge on any atom is -0.342 e. The molecule has 1 saturated carbocycles. The molecule has 1 N–H and O–H groups in total. The van der Waals surface area contributed by atoms with Crippen LogP contribution in [0, 0.1) is 18.8 Å². The standard InChI is InChI=1S/C18H26N2O/c1-13-5-3-4-6-15(13)16-11-17(16)18(21)20-9-7-14(8-10-20)12-19-2/h3-6,14,16-17,19H,7-12H2,1-2H3. The Morgan fingerprint density at radius 3 is 2.67 bits per heavy atom. The number of nitrogens with one attached hydrogen (secondary N) is 1. The fraction of sp³-hybridized carbons (Fsp3) is 0.611. The monoisotopic (exact) mass is 286 g/mol. The van der Waals surface area contributed by atoms with Crippen LogP contribution in [0.4, 0.5) is 0 Å². The number of carbonyl (C=O) groups excluding carboxylic acids is 1. The lowest BCUT2D eigenvalue weighted by Gasteiger charge is -2.32. The Bertz CT molecular complexity index is 506. The summed E-state index contributed by atoms with van der Waals surface area (Å²) in [7, 11) is 2.01. The second-order valence-corrected chi connectivity index (χ2v) is 6.63. The first-order valence-corrected chi connectivity index (χ1v) is 8.19. The number of carbonyl (C=O) groups is 1. The van der Waals surface area contributed by atoms with Crippen LogP contribution >= 0.6 is 0 Å². The third-order valence-corrected chi connectivity index (χ3v) is 5.11. The van der Waals surface area contributed by atoms with Crippen LogP contribution in [-0.4, -0.2) is 37.5 Å². The van der Waals surface area contributed by atoms with E-state index in [4.69, 9.17) is 0 Å². The smallest absolute Gasteiger partial charge is 0.226 e. The predicted octanol–water partition coefficient (Wildman–Crippen LogP) is 2.56. The molecule has 3 heteroatoms. The summed E-state index contributed by atoms with van der Waals surface area (Å²) in [6.07, 6.45) is 3.34. The first-order chi connectivity index (χ1) is 10.2. The fourth-order valence-corrected chi connectivity index (χ4v) is 3.70. The zero-order valence-corrected chi connectivity index (χ0v) is 13.1. The fourth-order valence-electron chi connectivity index (χ4n) is 3.70. The van der Waals surface area contributed by atoms with Crippen LogP contribution in [0.1, 0.15) is 36.3 Å². The Labute approximate surface area is 127 Å². The second-order valence-electron chi connectivity index (χ2n) is 6.63.